The molecule has 0 unspecified atom stereocenters. The van der Waals surface area contributed by atoms with Gasteiger partial charge in [0, 0.05) is 12.6 Å². The van der Waals surface area contributed by atoms with E-state index in [1.165, 1.54) is 24.8 Å². The van der Waals surface area contributed by atoms with Gasteiger partial charge in [0.25, 0.3) is 0 Å². The summed E-state index contributed by atoms with van der Waals surface area (Å²) in [4.78, 5) is 2.38. The minimum Gasteiger partial charge on any atom is -0.491 e. The van der Waals surface area contributed by atoms with Crippen molar-refractivity contribution in [2.45, 2.75) is 52.2 Å². The number of benzene rings is 1. The van der Waals surface area contributed by atoms with Gasteiger partial charge in [-0.25, -0.2) is 0 Å². The minimum absolute atomic E-state index is 0.369. The molecule has 20 heavy (non-hydrogen) atoms. The van der Waals surface area contributed by atoms with Crippen LogP contribution in [0.2, 0.25) is 0 Å². The number of aliphatic hydroxyl groups excluding tert-OH is 1. The number of aryl methyl sites for hydroxylation is 1. The highest BCUT2D eigenvalue weighted by Gasteiger charge is 2.21. The van der Waals surface area contributed by atoms with Crippen molar-refractivity contribution in [3.8, 4) is 5.75 Å². The number of likely N-dealkylation sites (tertiary alicyclic amines) is 1. The number of β-amino-alcohol motifs (C(OH)–C–C–N with tert-alkyl or cyclic N) is 1. The van der Waals surface area contributed by atoms with Crippen molar-refractivity contribution in [1.29, 1.82) is 0 Å². The Hall–Kier alpha value is -1.06. The average Bonchev–Trinajstić information content (AvgIpc) is 2.43. The summed E-state index contributed by atoms with van der Waals surface area (Å²) in [5, 5.41) is 10.2. The van der Waals surface area contributed by atoms with Crippen LogP contribution in [0.25, 0.3) is 0 Å². The molecule has 1 aromatic carbocycles. The van der Waals surface area contributed by atoms with Gasteiger partial charge in [-0.15, -0.1) is 0 Å². The quantitative estimate of drug-likeness (QED) is 0.898. The standard InChI is InChI=1S/C17H27NO2/c1-13-7-6-9-17(15(13)3)20-12-16(19)11-18-10-5-4-8-14(18)2/h6-7,9,14,16,19H,4-5,8,10-12H2,1-3H3/t14-,16-/m0/s1. The SMILES string of the molecule is Cc1cccc(OC[C@@H](O)CN2CCCC[C@@H]2C)c1C. The van der Waals surface area contributed by atoms with Gasteiger partial charge < -0.3 is 9.84 Å². The number of nitrogens with zero attached hydrogens (tertiary/aromatic N) is 1. The molecule has 2 atom stereocenters. The maximum absolute atomic E-state index is 10.2. The summed E-state index contributed by atoms with van der Waals surface area (Å²) < 4.78 is 5.78. The molecular formula is C17H27NO2. The molecule has 112 valence electrons. The summed E-state index contributed by atoms with van der Waals surface area (Å²) in [6.07, 6.45) is 3.38. The van der Waals surface area contributed by atoms with E-state index in [1.54, 1.807) is 0 Å². The molecule has 1 aromatic rings. The van der Waals surface area contributed by atoms with E-state index < -0.39 is 6.10 Å². The molecule has 0 bridgehead atoms. The van der Waals surface area contributed by atoms with Crippen LogP contribution in [0.3, 0.4) is 0 Å². The summed E-state index contributed by atoms with van der Waals surface area (Å²) in [5.41, 5.74) is 2.38. The third-order valence-corrected chi connectivity index (χ3v) is 4.37. The van der Waals surface area contributed by atoms with E-state index in [-0.39, 0.29) is 0 Å². The molecule has 0 amide bonds. The number of rotatable bonds is 5. The maximum Gasteiger partial charge on any atom is 0.122 e. The molecule has 1 N–H and O–H groups in total. The molecule has 2 rings (SSSR count). The van der Waals surface area contributed by atoms with E-state index in [9.17, 15) is 5.11 Å². The monoisotopic (exact) mass is 277 g/mol. The van der Waals surface area contributed by atoms with E-state index in [0.29, 0.717) is 19.2 Å². The zero-order valence-corrected chi connectivity index (χ0v) is 12.9. The largest absolute Gasteiger partial charge is 0.491 e. The first-order chi connectivity index (χ1) is 9.58. The zero-order valence-electron chi connectivity index (χ0n) is 12.9. The van der Waals surface area contributed by atoms with Crippen molar-refractivity contribution in [3.63, 3.8) is 0 Å². The van der Waals surface area contributed by atoms with Gasteiger partial charge in [-0.3, -0.25) is 4.90 Å². The topological polar surface area (TPSA) is 32.7 Å². The van der Waals surface area contributed by atoms with Crippen LogP contribution < -0.4 is 4.74 Å². The molecule has 3 heteroatoms. The van der Waals surface area contributed by atoms with Crippen molar-refractivity contribution in [2.24, 2.45) is 0 Å². The average molecular weight is 277 g/mol. The number of hydrogen-bond acceptors (Lipinski definition) is 3. The first kappa shape index (κ1) is 15.3. The molecule has 1 fully saturated rings. The van der Waals surface area contributed by atoms with E-state index in [0.717, 1.165) is 17.9 Å². The lowest BCUT2D eigenvalue weighted by Gasteiger charge is -2.34. The fourth-order valence-corrected chi connectivity index (χ4v) is 2.82. The van der Waals surface area contributed by atoms with Crippen LogP contribution >= 0.6 is 0 Å². The van der Waals surface area contributed by atoms with Crippen molar-refractivity contribution in [2.75, 3.05) is 19.7 Å². The second kappa shape index (κ2) is 7.09. The molecule has 0 spiro atoms. The minimum atomic E-state index is -0.421. The van der Waals surface area contributed by atoms with Gasteiger partial charge >= 0.3 is 0 Å². The van der Waals surface area contributed by atoms with Gasteiger partial charge in [0.05, 0.1) is 0 Å². The van der Waals surface area contributed by atoms with Crippen molar-refractivity contribution >= 4 is 0 Å². The first-order valence-corrected chi connectivity index (χ1v) is 7.69. The first-order valence-electron chi connectivity index (χ1n) is 7.69. The molecule has 0 aliphatic carbocycles. The highest BCUT2D eigenvalue weighted by Crippen LogP contribution is 2.21. The Bertz CT molecular complexity index is 433. The normalized spacial score (nSPS) is 21.7. The van der Waals surface area contributed by atoms with Crippen LogP contribution in [0.4, 0.5) is 0 Å². The Labute approximate surface area is 122 Å². The fraction of sp³-hybridized carbons (Fsp3) is 0.647. The molecule has 0 aromatic heterocycles. The molecule has 0 radical (unpaired) electrons. The van der Waals surface area contributed by atoms with Crippen molar-refractivity contribution in [3.05, 3.63) is 29.3 Å². The molecular weight excluding hydrogens is 250 g/mol. The van der Waals surface area contributed by atoms with Gasteiger partial charge in [0.1, 0.15) is 18.5 Å². The van der Waals surface area contributed by atoms with E-state index in [2.05, 4.69) is 31.7 Å². The highest BCUT2D eigenvalue weighted by atomic mass is 16.5. The number of hydrogen-bond donors (Lipinski definition) is 1. The number of aliphatic hydroxyl groups is 1. The molecule has 3 nitrogen and oxygen atoms in total. The van der Waals surface area contributed by atoms with Gasteiger partial charge in [0.15, 0.2) is 0 Å². The van der Waals surface area contributed by atoms with E-state index >= 15 is 0 Å². The molecule has 0 saturated carbocycles. The fourth-order valence-electron chi connectivity index (χ4n) is 2.82. The Morgan fingerprint density at radius 1 is 1.35 bits per heavy atom. The van der Waals surface area contributed by atoms with Crippen LogP contribution in [0.1, 0.15) is 37.3 Å². The van der Waals surface area contributed by atoms with Crippen LogP contribution in [0, 0.1) is 13.8 Å². The van der Waals surface area contributed by atoms with Gasteiger partial charge in [-0.2, -0.15) is 0 Å². The Morgan fingerprint density at radius 2 is 2.15 bits per heavy atom. The predicted molar refractivity (Wildman–Crippen MR) is 82.3 cm³/mol. The summed E-state index contributed by atoms with van der Waals surface area (Å²) in [5.74, 6) is 0.885. The van der Waals surface area contributed by atoms with E-state index in [4.69, 9.17) is 4.74 Å². The lowest BCUT2D eigenvalue weighted by Crippen LogP contribution is -2.43. The van der Waals surface area contributed by atoms with Crippen molar-refractivity contribution < 1.29 is 9.84 Å². The number of piperidine rings is 1. The summed E-state index contributed by atoms with van der Waals surface area (Å²) >= 11 is 0. The molecule has 1 aliphatic heterocycles. The van der Waals surface area contributed by atoms with E-state index in [1.807, 2.05) is 12.1 Å². The number of ether oxygens (including phenoxy) is 1. The summed E-state index contributed by atoms with van der Waals surface area (Å²) in [6.45, 7) is 8.57. The van der Waals surface area contributed by atoms with Crippen molar-refractivity contribution in [1.82, 2.24) is 4.90 Å². The molecule has 1 heterocycles. The maximum atomic E-state index is 10.2. The van der Waals surface area contributed by atoms with Crippen LogP contribution in [-0.2, 0) is 0 Å². The summed E-state index contributed by atoms with van der Waals surface area (Å²) in [7, 11) is 0. The molecule has 1 aliphatic rings. The lowest BCUT2D eigenvalue weighted by atomic mass is 10.0. The van der Waals surface area contributed by atoms with Crippen LogP contribution in [0.15, 0.2) is 18.2 Å². The molecule has 1 saturated heterocycles. The van der Waals surface area contributed by atoms with Gasteiger partial charge in [-0.05, 0) is 57.4 Å². The second-order valence-electron chi connectivity index (χ2n) is 6.00. The Balaban J connectivity index is 1.82. The Morgan fingerprint density at radius 3 is 2.90 bits per heavy atom. The second-order valence-corrected chi connectivity index (χ2v) is 6.00. The lowest BCUT2D eigenvalue weighted by molar-refractivity contribution is 0.0436. The third kappa shape index (κ3) is 3.97. The Kier molecular flexibility index (Phi) is 5.44. The van der Waals surface area contributed by atoms with Gasteiger partial charge in [0.2, 0.25) is 0 Å². The van der Waals surface area contributed by atoms with Crippen LogP contribution in [0.5, 0.6) is 5.75 Å². The van der Waals surface area contributed by atoms with Gasteiger partial charge in [-0.1, -0.05) is 18.6 Å². The third-order valence-electron chi connectivity index (χ3n) is 4.37. The highest BCUT2D eigenvalue weighted by molar-refractivity contribution is 5.38. The zero-order chi connectivity index (χ0) is 14.5. The summed E-state index contributed by atoms with van der Waals surface area (Å²) in [6, 6.07) is 6.63. The smallest absolute Gasteiger partial charge is 0.122 e. The van der Waals surface area contributed by atoms with Crippen LogP contribution in [-0.4, -0.2) is 41.8 Å². The predicted octanol–water partition coefficient (Wildman–Crippen LogP) is 2.92.